The summed E-state index contributed by atoms with van der Waals surface area (Å²) < 4.78 is 0. The summed E-state index contributed by atoms with van der Waals surface area (Å²) in [5, 5.41) is 0. The van der Waals surface area contributed by atoms with Gasteiger partial charge in [-0.25, -0.2) is 0 Å². The van der Waals surface area contributed by atoms with Crippen LogP contribution in [0.15, 0.2) is 12.2 Å². The second kappa shape index (κ2) is 15.9. The molecule has 2 atom stereocenters. The molecule has 0 N–H and O–H groups in total. The molecular formula is C24H47N. The molecule has 25 heavy (non-hydrogen) atoms. The monoisotopic (exact) mass is 349 g/mol. The minimum Gasteiger partial charge on any atom is -0.300 e. The lowest BCUT2D eigenvalue weighted by Crippen LogP contribution is -2.35. The van der Waals surface area contributed by atoms with Gasteiger partial charge in [0.25, 0.3) is 0 Å². The Morgan fingerprint density at radius 1 is 0.760 bits per heavy atom. The van der Waals surface area contributed by atoms with E-state index in [1.165, 1.54) is 109 Å². The Morgan fingerprint density at radius 3 is 2.04 bits per heavy atom. The van der Waals surface area contributed by atoms with Gasteiger partial charge >= 0.3 is 0 Å². The van der Waals surface area contributed by atoms with E-state index < -0.39 is 0 Å². The van der Waals surface area contributed by atoms with Crippen molar-refractivity contribution in [3.63, 3.8) is 0 Å². The van der Waals surface area contributed by atoms with Crippen LogP contribution in [0.5, 0.6) is 0 Å². The fourth-order valence-corrected chi connectivity index (χ4v) is 4.14. The normalized spacial score (nSPS) is 22.5. The highest BCUT2D eigenvalue weighted by atomic mass is 15.1. The molecule has 0 aromatic rings. The topological polar surface area (TPSA) is 3.24 Å². The van der Waals surface area contributed by atoms with Crippen LogP contribution in [0, 0.1) is 5.92 Å². The smallest absolute Gasteiger partial charge is 0.00670 e. The third-order valence-corrected chi connectivity index (χ3v) is 5.95. The minimum atomic E-state index is 0.819. The van der Waals surface area contributed by atoms with E-state index >= 15 is 0 Å². The van der Waals surface area contributed by atoms with Crippen molar-refractivity contribution in [1.29, 1.82) is 0 Å². The third kappa shape index (κ3) is 12.7. The van der Waals surface area contributed by atoms with E-state index in [2.05, 4.69) is 37.8 Å². The highest BCUT2D eigenvalue weighted by molar-refractivity contribution is 4.81. The van der Waals surface area contributed by atoms with Gasteiger partial charge in [-0.15, -0.1) is 0 Å². The summed E-state index contributed by atoms with van der Waals surface area (Å²) in [5.74, 6) is 0.908. The summed E-state index contributed by atoms with van der Waals surface area (Å²) in [6, 6.07) is 0.819. The van der Waals surface area contributed by atoms with E-state index in [0.717, 1.165) is 12.0 Å². The van der Waals surface area contributed by atoms with Gasteiger partial charge < -0.3 is 4.90 Å². The van der Waals surface area contributed by atoms with E-state index in [4.69, 9.17) is 0 Å². The largest absolute Gasteiger partial charge is 0.300 e. The SMILES string of the molecule is CCCCCC=CCCCCCCCCCN1CC(C)CCCC1C. The number of rotatable bonds is 14. The molecule has 1 aliphatic heterocycles. The van der Waals surface area contributed by atoms with Gasteiger partial charge in [-0.3, -0.25) is 0 Å². The molecule has 0 radical (unpaired) electrons. The van der Waals surface area contributed by atoms with E-state index in [1.807, 2.05) is 0 Å². The van der Waals surface area contributed by atoms with Gasteiger partial charge in [0.15, 0.2) is 0 Å². The summed E-state index contributed by atoms with van der Waals surface area (Å²) in [7, 11) is 0. The molecule has 1 heteroatoms. The first-order chi connectivity index (χ1) is 12.2. The average Bonchev–Trinajstić information content (AvgIpc) is 2.76. The van der Waals surface area contributed by atoms with Crippen molar-refractivity contribution in [3.8, 4) is 0 Å². The quantitative estimate of drug-likeness (QED) is 0.229. The zero-order chi connectivity index (χ0) is 18.2. The number of unbranched alkanes of at least 4 members (excludes halogenated alkanes) is 10. The molecular weight excluding hydrogens is 302 g/mol. The van der Waals surface area contributed by atoms with Gasteiger partial charge in [-0.05, 0) is 64.3 Å². The van der Waals surface area contributed by atoms with E-state index in [-0.39, 0.29) is 0 Å². The van der Waals surface area contributed by atoms with Crippen LogP contribution >= 0.6 is 0 Å². The molecule has 1 heterocycles. The van der Waals surface area contributed by atoms with Crippen molar-refractivity contribution in [3.05, 3.63) is 12.2 Å². The highest BCUT2D eigenvalue weighted by Crippen LogP contribution is 2.21. The van der Waals surface area contributed by atoms with Crippen LogP contribution in [0.2, 0.25) is 0 Å². The molecule has 0 amide bonds. The van der Waals surface area contributed by atoms with Gasteiger partial charge in [0.2, 0.25) is 0 Å². The standard InChI is InChI=1S/C24H47N/c1-4-5-6-7-8-9-10-11-12-13-14-15-16-17-21-25-22-23(2)19-18-20-24(25)3/h8-9,23-24H,4-7,10-22H2,1-3H3. The number of nitrogens with zero attached hydrogens (tertiary/aromatic N) is 1. The zero-order valence-electron chi connectivity index (χ0n) is 17.8. The Bertz CT molecular complexity index is 309. The average molecular weight is 350 g/mol. The lowest BCUT2D eigenvalue weighted by atomic mass is 10.1. The van der Waals surface area contributed by atoms with Crippen LogP contribution in [-0.2, 0) is 0 Å². The maximum atomic E-state index is 2.77. The second-order valence-electron chi connectivity index (χ2n) is 8.61. The van der Waals surface area contributed by atoms with Gasteiger partial charge in [0.05, 0.1) is 0 Å². The molecule has 2 unspecified atom stereocenters. The molecule has 148 valence electrons. The molecule has 0 spiro atoms. The van der Waals surface area contributed by atoms with Crippen LogP contribution < -0.4 is 0 Å². The maximum Gasteiger partial charge on any atom is 0.00670 e. The number of likely N-dealkylation sites (tertiary alicyclic amines) is 1. The van der Waals surface area contributed by atoms with Crippen LogP contribution in [0.4, 0.5) is 0 Å². The zero-order valence-corrected chi connectivity index (χ0v) is 17.8. The maximum absolute atomic E-state index is 2.77. The molecule has 1 rings (SSSR count). The number of hydrogen-bond donors (Lipinski definition) is 0. The third-order valence-electron chi connectivity index (χ3n) is 5.95. The fraction of sp³-hybridized carbons (Fsp3) is 0.917. The predicted molar refractivity (Wildman–Crippen MR) is 114 cm³/mol. The molecule has 1 fully saturated rings. The van der Waals surface area contributed by atoms with Crippen LogP contribution in [-0.4, -0.2) is 24.0 Å². The first-order valence-corrected chi connectivity index (χ1v) is 11.6. The van der Waals surface area contributed by atoms with Crippen molar-refractivity contribution < 1.29 is 0 Å². The fourth-order valence-electron chi connectivity index (χ4n) is 4.14. The van der Waals surface area contributed by atoms with Gasteiger partial charge in [-0.2, -0.15) is 0 Å². The van der Waals surface area contributed by atoms with Crippen LogP contribution in [0.1, 0.15) is 117 Å². The first-order valence-electron chi connectivity index (χ1n) is 11.6. The Hall–Kier alpha value is -0.300. The van der Waals surface area contributed by atoms with Crippen molar-refractivity contribution in [2.45, 2.75) is 123 Å². The Kier molecular flexibility index (Phi) is 14.5. The Labute approximate surface area is 159 Å². The summed E-state index contributed by atoms with van der Waals surface area (Å²) in [6.45, 7) is 9.84. The first kappa shape index (κ1) is 22.7. The summed E-state index contributed by atoms with van der Waals surface area (Å²) in [5.41, 5.74) is 0. The summed E-state index contributed by atoms with van der Waals surface area (Å²) >= 11 is 0. The highest BCUT2D eigenvalue weighted by Gasteiger charge is 2.19. The minimum absolute atomic E-state index is 0.819. The molecule has 1 aliphatic rings. The molecule has 0 bridgehead atoms. The lowest BCUT2D eigenvalue weighted by Gasteiger charge is -2.28. The van der Waals surface area contributed by atoms with Crippen molar-refractivity contribution in [1.82, 2.24) is 4.90 Å². The summed E-state index contributed by atoms with van der Waals surface area (Å²) in [6.07, 6.45) is 25.8. The van der Waals surface area contributed by atoms with Gasteiger partial charge in [0.1, 0.15) is 0 Å². The molecule has 0 aromatic carbocycles. The van der Waals surface area contributed by atoms with Crippen molar-refractivity contribution >= 4 is 0 Å². The van der Waals surface area contributed by atoms with Crippen molar-refractivity contribution in [2.24, 2.45) is 5.92 Å². The molecule has 0 aromatic heterocycles. The number of hydrogen-bond acceptors (Lipinski definition) is 1. The Balaban J connectivity index is 1.87. The van der Waals surface area contributed by atoms with Gasteiger partial charge in [0, 0.05) is 12.6 Å². The predicted octanol–water partition coefficient (Wildman–Crippen LogP) is 7.75. The summed E-state index contributed by atoms with van der Waals surface area (Å²) in [4.78, 5) is 2.77. The molecule has 1 saturated heterocycles. The Morgan fingerprint density at radius 2 is 1.36 bits per heavy atom. The van der Waals surface area contributed by atoms with E-state index in [1.54, 1.807) is 0 Å². The van der Waals surface area contributed by atoms with Gasteiger partial charge in [-0.1, -0.05) is 77.4 Å². The van der Waals surface area contributed by atoms with Crippen LogP contribution in [0.3, 0.4) is 0 Å². The van der Waals surface area contributed by atoms with E-state index in [9.17, 15) is 0 Å². The second-order valence-corrected chi connectivity index (χ2v) is 8.61. The number of allylic oxidation sites excluding steroid dienone is 2. The molecule has 0 aliphatic carbocycles. The van der Waals surface area contributed by atoms with Crippen molar-refractivity contribution in [2.75, 3.05) is 13.1 Å². The van der Waals surface area contributed by atoms with Crippen LogP contribution in [0.25, 0.3) is 0 Å². The lowest BCUT2D eigenvalue weighted by molar-refractivity contribution is 0.190. The van der Waals surface area contributed by atoms with E-state index in [0.29, 0.717) is 0 Å². The molecule has 0 saturated carbocycles. The molecule has 1 nitrogen and oxygen atoms in total.